The number of aliphatic hydroxyl groups excluding tert-OH is 10. The van der Waals surface area contributed by atoms with Crippen LogP contribution in [0.5, 0.6) is 0 Å². The summed E-state index contributed by atoms with van der Waals surface area (Å²) in [7, 11) is 0. The fraction of sp³-hybridized carbons (Fsp3) is 0.878. The summed E-state index contributed by atoms with van der Waals surface area (Å²) in [6.45, 7) is 10.3. The van der Waals surface area contributed by atoms with Crippen molar-refractivity contribution >= 4 is 5.97 Å². The molecular weight excluding hydrogens is 716 g/mol. The minimum Gasteiger partial charge on any atom is -0.462 e. The fourth-order valence-corrected chi connectivity index (χ4v) is 12.4. The van der Waals surface area contributed by atoms with E-state index >= 15 is 0 Å². The molecule has 14 heteroatoms. The number of ether oxygens (including phenoxy) is 3. The maximum atomic E-state index is 13.7. The molecule has 0 spiro atoms. The van der Waals surface area contributed by atoms with Crippen LogP contribution in [-0.2, 0) is 19.0 Å². The fourth-order valence-electron chi connectivity index (χ4n) is 12.4. The minimum absolute atomic E-state index is 0.0110. The number of esters is 1. The maximum Gasteiger partial charge on any atom is 0.312 e. The van der Waals surface area contributed by atoms with Crippen molar-refractivity contribution in [2.24, 2.45) is 44.3 Å². The van der Waals surface area contributed by atoms with Crippen molar-refractivity contribution in [2.45, 2.75) is 154 Å². The molecule has 0 unspecified atom stereocenters. The molecule has 14 nitrogen and oxygen atoms in total. The van der Waals surface area contributed by atoms with E-state index in [1.54, 1.807) is 13.8 Å². The summed E-state index contributed by atoms with van der Waals surface area (Å²) < 4.78 is 17.7. The van der Waals surface area contributed by atoms with E-state index in [4.69, 9.17) is 19.3 Å². The largest absolute Gasteiger partial charge is 0.462 e. The zero-order valence-corrected chi connectivity index (χ0v) is 33.2. The third-order valence-electron chi connectivity index (χ3n) is 16.4. The average molecular weight is 783 g/mol. The second kappa shape index (κ2) is 14.9. The summed E-state index contributed by atoms with van der Waals surface area (Å²) >= 11 is 0. The van der Waals surface area contributed by atoms with E-state index in [0.29, 0.717) is 25.7 Å². The van der Waals surface area contributed by atoms with Crippen molar-refractivity contribution in [1.29, 1.82) is 0 Å². The van der Waals surface area contributed by atoms with E-state index in [2.05, 4.69) is 32.9 Å². The van der Waals surface area contributed by atoms with Gasteiger partial charge in [-0.1, -0.05) is 45.4 Å². The van der Waals surface area contributed by atoms with Gasteiger partial charge in [0.1, 0.15) is 43.2 Å². The van der Waals surface area contributed by atoms with E-state index in [9.17, 15) is 50.8 Å². The van der Waals surface area contributed by atoms with Crippen LogP contribution in [0.25, 0.3) is 0 Å². The van der Waals surface area contributed by atoms with Crippen LogP contribution in [-0.4, -0.2) is 145 Å². The molecule has 55 heavy (non-hydrogen) atoms. The number of allylic oxidation sites excluding steroid dienone is 3. The van der Waals surface area contributed by atoms with Gasteiger partial charge < -0.3 is 65.3 Å². The first kappa shape index (κ1) is 43.1. The highest BCUT2D eigenvalue weighted by molar-refractivity contribution is 5.77. The predicted octanol–water partition coefficient (Wildman–Crippen LogP) is 0.455. The van der Waals surface area contributed by atoms with Gasteiger partial charge in [0.2, 0.25) is 0 Å². The van der Waals surface area contributed by atoms with Gasteiger partial charge in [0, 0.05) is 16.2 Å². The molecule has 0 aromatic heterocycles. The standard InChI is InChI=1S/C41H66O14/c1-21-30(48)32(50)33(51)34(54-21)55-29-10-11-37(3)26(38(29,4)19-43)9-12-39(5)27(37)8-7-22-23-15-36(2,35(52)53-18-25(46)31(49)24(45)17-42)13-14-41(23,20-44)28(47)16-40(22,39)6/h7-8,21,24-34,42-51H,9-20H2,1-6H3/t21-,24-,25+,26+,27-,28-,29+,30+,31-,32+,33-,34+,36-,37+,38+,39-,40-,41-/m1/s1. The van der Waals surface area contributed by atoms with Gasteiger partial charge in [-0.2, -0.15) is 0 Å². The molecule has 6 rings (SSSR count). The Labute approximate surface area is 323 Å². The number of carbonyl (C=O) groups excluding carboxylic acids is 1. The highest BCUT2D eigenvalue weighted by Crippen LogP contribution is 2.74. The predicted molar refractivity (Wildman–Crippen MR) is 197 cm³/mol. The molecule has 0 radical (unpaired) electrons. The Morgan fingerprint density at radius 1 is 0.891 bits per heavy atom. The molecule has 0 amide bonds. The minimum atomic E-state index is -1.71. The molecule has 1 saturated heterocycles. The first-order valence-corrected chi connectivity index (χ1v) is 20.1. The monoisotopic (exact) mass is 782 g/mol. The van der Waals surface area contributed by atoms with Gasteiger partial charge in [-0.25, -0.2) is 0 Å². The van der Waals surface area contributed by atoms with Crippen LogP contribution in [0, 0.1) is 44.3 Å². The Morgan fingerprint density at radius 2 is 1.58 bits per heavy atom. The smallest absolute Gasteiger partial charge is 0.312 e. The number of hydrogen-bond acceptors (Lipinski definition) is 14. The lowest BCUT2D eigenvalue weighted by atomic mass is 9.35. The van der Waals surface area contributed by atoms with Crippen LogP contribution in [0.3, 0.4) is 0 Å². The number of rotatable bonds is 10. The van der Waals surface area contributed by atoms with Crippen LogP contribution in [0.2, 0.25) is 0 Å². The lowest BCUT2D eigenvalue weighted by molar-refractivity contribution is -0.327. The summed E-state index contributed by atoms with van der Waals surface area (Å²) in [4.78, 5) is 13.7. The van der Waals surface area contributed by atoms with Crippen molar-refractivity contribution in [3.63, 3.8) is 0 Å². The van der Waals surface area contributed by atoms with Gasteiger partial charge in [0.05, 0.1) is 43.5 Å². The maximum absolute atomic E-state index is 13.7. The van der Waals surface area contributed by atoms with Gasteiger partial charge in [-0.3, -0.25) is 4.79 Å². The molecule has 1 aliphatic heterocycles. The number of fused-ring (bicyclic) bond motifs is 6. The molecule has 3 saturated carbocycles. The molecule has 4 fully saturated rings. The molecule has 18 atom stereocenters. The van der Waals surface area contributed by atoms with Crippen molar-refractivity contribution in [2.75, 3.05) is 26.4 Å². The summed E-state index contributed by atoms with van der Waals surface area (Å²) in [6.07, 6.45) is -3.95. The van der Waals surface area contributed by atoms with Crippen LogP contribution >= 0.6 is 0 Å². The molecule has 10 N–H and O–H groups in total. The Balaban J connectivity index is 1.31. The second-order valence-corrected chi connectivity index (χ2v) is 19.3. The number of carbonyl (C=O) groups is 1. The van der Waals surface area contributed by atoms with E-state index < -0.39 is 102 Å². The van der Waals surface area contributed by atoms with Crippen LogP contribution < -0.4 is 0 Å². The highest BCUT2D eigenvalue weighted by Gasteiger charge is 2.69. The normalized spacial score (nSPS) is 49.9. The van der Waals surface area contributed by atoms with Gasteiger partial charge in [0.25, 0.3) is 0 Å². The molecule has 314 valence electrons. The summed E-state index contributed by atoms with van der Waals surface area (Å²) in [5.41, 5.74) is -2.18. The van der Waals surface area contributed by atoms with Gasteiger partial charge in [-0.15, -0.1) is 0 Å². The van der Waals surface area contributed by atoms with Crippen molar-refractivity contribution < 1.29 is 70.1 Å². The third kappa shape index (κ3) is 6.40. The molecule has 5 aliphatic carbocycles. The van der Waals surface area contributed by atoms with Gasteiger partial charge in [-0.05, 0) is 93.5 Å². The molecule has 0 bridgehead atoms. The van der Waals surface area contributed by atoms with Crippen LogP contribution in [0.1, 0.15) is 92.9 Å². The van der Waals surface area contributed by atoms with Gasteiger partial charge >= 0.3 is 5.97 Å². The lowest BCUT2D eigenvalue weighted by Crippen LogP contribution is -2.66. The van der Waals surface area contributed by atoms with E-state index in [-0.39, 0.29) is 42.3 Å². The second-order valence-electron chi connectivity index (χ2n) is 19.3. The molecule has 6 aliphatic rings. The zero-order chi connectivity index (χ0) is 40.7. The van der Waals surface area contributed by atoms with Crippen LogP contribution in [0.15, 0.2) is 23.3 Å². The van der Waals surface area contributed by atoms with E-state index in [1.807, 2.05) is 6.92 Å². The summed E-state index contributed by atoms with van der Waals surface area (Å²) in [5, 5.41) is 105. The first-order chi connectivity index (χ1) is 25.6. The molecule has 0 aromatic rings. The van der Waals surface area contributed by atoms with Crippen molar-refractivity contribution in [1.82, 2.24) is 0 Å². The SMILES string of the molecule is C[C@H]1O[C@@H](O[C@H]2CC[C@@]3(C)[C@H](CC[C@]4(C)[C@@H]3C=CC3=C5C[C@](C)(C(=O)OC[C@H](O)[C@H](O)[C@H](O)CO)CC[C@]5(CO)[C@H](O)C[C@]34C)[C@]2(C)CO)[C@H](O)[C@@H](O)[C@H]1O. The Morgan fingerprint density at radius 3 is 2.22 bits per heavy atom. The quantitative estimate of drug-likeness (QED) is 0.107. The Kier molecular flexibility index (Phi) is 11.7. The lowest BCUT2D eigenvalue weighted by Gasteiger charge is -2.70. The Bertz CT molecular complexity index is 1500. The first-order valence-electron chi connectivity index (χ1n) is 20.1. The average Bonchev–Trinajstić information content (AvgIpc) is 3.15. The summed E-state index contributed by atoms with van der Waals surface area (Å²) in [6, 6.07) is 0. The Hall–Kier alpha value is -1.53. The number of aliphatic hydroxyl groups is 10. The van der Waals surface area contributed by atoms with E-state index in [1.165, 1.54) is 0 Å². The summed E-state index contributed by atoms with van der Waals surface area (Å²) in [5.74, 6) is -0.600. The molecular formula is C41H66O14. The molecule has 0 aromatic carbocycles. The molecule has 1 heterocycles. The van der Waals surface area contributed by atoms with Crippen molar-refractivity contribution in [3.8, 4) is 0 Å². The highest BCUT2D eigenvalue weighted by atomic mass is 16.7. The van der Waals surface area contributed by atoms with Gasteiger partial charge in [0.15, 0.2) is 6.29 Å². The van der Waals surface area contributed by atoms with E-state index in [0.717, 1.165) is 30.4 Å². The van der Waals surface area contributed by atoms with Crippen LogP contribution in [0.4, 0.5) is 0 Å². The zero-order valence-electron chi connectivity index (χ0n) is 33.2. The third-order valence-corrected chi connectivity index (χ3v) is 16.4. The van der Waals surface area contributed by atoms with Crippen molar-refractivity contribution in [3.05, 3.63) is 23.3 Å². The topological polar surface area (TPSA) is 247 Å². The number of hydrogen-bond donors (Lipinski definition) is 10.